The fraction of sp³-hybridized carbons (Fsp3) is 0.273. The maximum Gasteiger partial charge on any atom is 0.268 e. The van der Waals surface area contributed by atoms with E-state index >= 15 is 0 Å². The van der Waals surface area contributed by atoms with Crippen LogP contribution in [0.3, 0.4) is 0 Å². The van der Waals surface area contributed by atoms with Crippen LogP contribution in [0.1, 0.15) is 57.6 Å². The van der Waals surface area contributed by atoms with Gasteiger partial charge in [-0.1, -0.05) is 43.3 Å². The number of carbonyl (C=O) groups is 2. The van der Waals surface area contributed by atoms with Crippen LogP contribution in [0.15, 0.2) is 42.5 Å². The van der Waals surface area contributed by atoms with Gasteiger partial charge in [-0.25, -0.2) is 0 Å². The Labute approximate surface area is 159 Å². The lowest BCUT2D eigenvalue weighted by Crippen LogP contribution is -2.34. The Morgan fingerprint density at radius 2 is 1.85 bits per heavy atom. The number of aromatic nitrogens is 1. The second kappa shape index (κ2) is 7.76. The molecule has 0 radical (unpaired) electrons. The van der Waals surface area contributed by atoms with Crippen molar-refractivity contribution >= 4 is 22.5 Å². The topological polar surface area (TPSA) is 88.0 Å². The van der Waals surface area contributed by atoms with Gasteiger partial charge >= 0.3 is 0 Å². The number of aryl methyl sites for hydroxylation is 1. The first-order valence-corrected chi connectivity index (χ1v) is 9.18. The van der Waals surface area contributed by atoms with E-state index in [1.807, 2.05) is 50.2 Å². The third kappa shape index (κ3) is 3.64. The lowest BCUT2D eigenvalue weighted by Gasteiger charge is -2.18. The summed E-state index contributed by atoms with van der Waals surface area (Å²) < 4.78 is 0. The minimum atomic E-state index is -0.309. The number of rotatable bonds is 6. The fourth-order valence-electron chi connectivity index (χ4n) is 3.63. The number of benzene rings is 2. The molecule has 0 spiro atoms. The number of carbonyl (C=O) groups excluding carboxylic acids is 2. The quantitative estimate of drug-likeness (QED) is 0.584. The van der Waals surface area contributed by atoms with Crippen LogP contribution in [0.25, 0.3) is 10.8 Å². The Kier molecular flexibility index (Phi) is 5.42. The molecule has 0 aliphatic rings. The number of H-pyrrole nitrogens is 1. The van der Waals surface area contributed by atoms with E-state index < -0.39 is 0 Å². The highest BCUT2D eigenvalue weighted by Crippen LogP contribution is 2.23. The molecule has 1 aromatic heterocycles. The lowest BCUT2D eigenvalue weighted by atomic mass is 10.0. The molecule has 3 aromatic rings. The van der Waals surface area contributed by atoms with Crippen LogP contribution >= 0.6 is 0 Å². The average molecular weight is 363 g/mol. The van der Waals surface area contributed by atoms with Crippen molar-refractivity contribution in [2.24, 2.45) is 5.73 Å². The predicted octanol–water partition coefficient (Wildman–Crippen LogP) is 3.67. The molecule has 1 atom stereocenters. The standard InChI is InChI=1S/C22H25N3O2/c1-4-18-20(14(3)26)13(2)24-21(18)22(27)25-19(12-23)17-10-9-15-7-5-6-8-16(15)11-17/h5-11,19,24H,4,12,23H2,1-3H3,(H,25,27). The number of hydrogen-bond acceptors (Lipinski definition) is 3. The van der Waals surface area contributed by atoms with Crippen molar-refractivity contribution in [3.05, 3.63) is 70.5 Å². The molecule has 2 aromatic carbocycles. The monoisotopic (exact) mass is 363 g/mol. The number of amides is 1. The molecule has 140 valence electrons. The summed E-state index contributed by atoms with van der Waals surface area (Å²) in [4.78, 5) is 27.9. The summed E-state index contributed by atoms with van der Waals surface area (Å²) in [6.07, 6.45) is 0.602. The molecule has 1 amide bonds. The molecule has 0 aliphatic heterocycles. The van der Waals surface area contributed by atoms with E-state index in [1.54, 1.807) is 0 Å². The van der Waals surface area contributed by atoms with Crippen LogP contribution in [0.2, 0.25) is 0 Å². The van der Waals surface area contributed by atoms with Gasteiger partial charge in [-0.3, -0.25) is 9.59 Å². The Morgan fingerprint density at radius 1 is 1.15 bits per heavy atom. The summed E-state index contributed by atoms with van der Waals surface area (Å²) in [7, 11) is 0. The molecular weight excluding hydrogens is 338 g/mol. The minimum Gasteiger partial charge on any atom is -0.354 e. The molecular formula is C22H25N3O2. The van der Waals surface area contributed by atoms with Crippen molar-refractivity contribution in [3.8, 4) is 0 Å². The van der Waals surface area contributed by atoms with E-state index in [0.717, 1.165) is 27.6 Å². The first kappa shape index (κ1) is 18.9. The van der Waals surface area contributed by atoms with Crippen molar-refractivity contribution in [2.45, 2.75) is 33.2 Å². The molecule has 0 aliphatic carbocycles. The molecule has 0 saturated heterocycles. The average Bonchev–Trinajstić information content (AvgIpc) is 3.02. The molecule has 0 bridgehead atoms. The van der Waals surface area contributed by atoms with E-state index in [-0.39, 0.29) is 24.3 Å². The van der Waals surface area contributed by atoms with Gasteiger partial charge in [-0.05, 0) is 48.2 Å². The predicted molar refractivity (Wildman–Crippen MR) is 108 cm³/mol. The van der Waals surface area contributed by atoms with Crippen LogP contribution < -0.4 is 11.1 Å². The largest absolute Gasteiger partial charge is 0.354 e. The molecule has 5 nitrogen and oxygen atoms in total. The Balaban J connectivity index is 1.91. The summed E-state index contributed by atoms with van der Waals surface area (Å²) in [6.45, 7) is 5.56. The van der Waals surface area contributed by atoms with Crippen LogP contribution in [-0.4, -0.2) is 23.2 Å². The van der Waals surface area contributed by atoms with E-state index in [1.165, 1.54) is 6.92 Å². The second-order valence-electron chi connectivity index (χ2n) is 6.76. The van der Waals surface area contributed by atoms with Crippen LogP contribution in [0, 0.1) is 6.92 Å². The van der Waals surface area contributed by atoms with Crippen molar-refractivity contribution in [2.75, 3.05) is 6.54 Å². The van der Waals surface area contributed by atoms with Crippen molar-refractivity contribution < 1.29 is 9.59 Å². The molecule has 4 N–H and O–H groups in total. The smallest absolute Gasteiger partial charge is 0.268 e. The Bertz CT molecular complexity index is 1000. The number of nitrogens with two attached hydrogens (primary N) is 1. The van der Waals surface area contributed by atoms with Gasteiger partial charge in [0, 0.05) is 17.8 Å². The van der Waals surface area contributed by atoms with Gasteiger partial charge in [-0.2, -0.15) is 0 Å². The lowest BCUT2D eigenvalue weighted by molar-refractivity contribution is 0.0932. The van der Waals surface area contributed by atoms with E-state index in [0.29, 0.717) is 17.7 Å². The summed E-state index contributed by atoms with van der Waals surface area (Å²) in [5, 5.41) is 5.26. The highest BCUT2D eigenvalue weighted by molar-refractivity contribution is 6.02. The number of hydrogen-bond donors (Lipinski definition) is 3. The zero-order valence-electron chi connectivity index (χ0n) is 15.9. The third-order valence-electron chi connectivity index (χ3n) is 4.94. The van der Waals surface area contributed by atoms with E-state index in [2.05, 4.69) is 16.4 Å². The summed E-state index contributed by atoms with van der Waals surface area (Å²) in [5.41, 5.74) is 9.44. The van der Waals surface area contributed by atoms with Gasteiger partial charge in [0.05, 0.1) is 6.04 Å². The number of nitrogens with one attached hydrogen (secondary N) is 2. The van der Waals surface area contributed by atoms with E-state index in [4.69, 9.17) is 5.73 Å². The molecule has 1 heterocycles. The van der Waals surface area contributed by atoms with Crippen molar-refractivity contribution in [1.29, 1.82) is 0 Å². The normalized spacial score (nSPS) is 12.1. The Hall–Kier alpha value is -2.92. The van der Waals surface area contributed by atoms with Gasteiger partial charge < -0.3 is 16.0 Å². The second-order valence-corrected chi connectivity index (χ2v) is 6.76. The number of Topliss-reactive ketones (excluding diaryl/α,β-unsaturated/α-hetero) is 1. The van der Waals surface area contributed by atoms with Gasteiger partial charge in [0.25, 0.3) is 5.91 Å². The number of aromatic amines is 1. The highest BCUT2D eigenvalue weighted by Gasteiger charge is 2.23. The number of fused-ring (bicyclic) bond motifs is 1. The fourth-order valence-corrected chi connectivity index (χ4v) is 3.63. The zero-order chi connectivity index (χ0) is 19.6. The van der Waals surface area contributed by atoms with Gasteiger partial charge in [0.2, 0.25) is 0 Å². The highest BCUT2D eigenvalue weighted by atomic mass is 16.2. The first-order valence-electron chi connectivity index (χ1n) is 9.18. The first-order chi connectivity index (χ1) is 13.0. The SMILES string of the molecule is CCc1c(C(=O)NC(CN)c2ccc3ccccc3c2)[nH]c(C)c1C(C)=O. The third-order valence-corrected chi connectivity index (χ3v) is 4.94. The molecule has 0 saturated carbocycles. The van der Waals surface area contributed by atoms with Gasteiger partial charge in [0.1, 0.15) is 5.69 Å². The maximum absolute atomic E-state index is 12.9. The molecule has 27 heavy (non-hydrogen) atoms. The van der Waals surface area contributed by atoms with Crippen LogP contribution in [-0.2, 0) is 6.42 Å². The molecule has 1 unspecified atom stereocenters. The summed E-state index contributed by atoms with van der Waals surface area (Å²) >= 11 is 0. The number of ketones is 1. The molecule has 5 heteroatoms. The zero-order valence-corrected chi connectivity index (χ0v) is 15.9. The summed E-state index contributed by atoms with van der Waals surface area (Å²) in [5.74, 6) is -0.282. The van der Waals surface area contributed by atoms with Crippen molar-refractivity contribution in [3.63, 3.8) is 0 Å². The van der Waals surface area contributed by atoms with Crippen molar-refractivity contribution in [1.82, 2.24) is 10.3 Å². The van der Waals surface area contributed by atoms with Crippen LogP contribution in [0.5, 0.6) is 0 Å². The van der Waals surface area contributed by atoms with E-state index in [9.17, 15) is 9.59 Å². The Morgan fingerprint density at radius 3 is 2.48 bits per heavy atom. The van der Waals surface area contributed by atoms with Gasteiger partial charge in [-0.15, -0.1) is 0 Å². The summed E-state index contributed by atoms with van der Waals surface area (Å²) in [6, 6.07) is 13.8. The van der Waals surface area contributed by atoms with Gasteiger partial charge in [0.15, 0.2) is 5.78 Å². The van der Waals surface area contributed by atoms with Crippen LogP contribution in [0.4, 0.5) is 0 Å². The molecule has 3 rings (SSSR count). The maximum atomic E-state index is 12.9. The minimum absolute atomic E-state index is 0.0374. The molecule has 0 fully saturated rings.